The molecule has 94 valence electrons. The zero-order valence-electron chi connectivity index (χ0n) is 10.5. The molecule has 1 aromatic carbocycles. The maximum absolute atomic E-state index is 12.0. The van der Waals surface area contributed by atoms with E-state index in [9.17, 15) is 9.90 Å². The summed E-state index contributed by atoms with van der Waals surface area (Å²) in [5.74, 6) is 0.136. The molecule has 17 heavy (non-hydrogen) atoms. The third-order valence-electron chi connectivity index (χ3n) is 2.86. The predicted molar refractivity (Wildman–Crippen MR) is 68.9 cm³/mol. The number of nitrogens with two attached hydrogens (primary N) is 1. The molecular weight excluding hydrogens is 216 g/mol. The molecule has 0 spiro atoms. The monoisotopic (exact) mass is 236 g/mol. The zero-order valence-corrected chi connectivity index (χ0v) is 10.5. The average molecular weight is 236 g/mol. The molecule has 4 N–H and O–H groups in total. The van der Waals surface area contributed by atoms with Gasteiger partial charge in [0.15, 0.2) is 0 Å². The maximum atomic E-state index is 12.0. The van der Waals surface area contributed by atoms with E-state index < -0.39 is 0 Å². The molecule has 4 heteroatoms. The molecule has 4 nitrogen and oxygen atoms in total. The van der Waals surface area contributed by atoms with Gasteiger partial charge < -0.3 is 16.2 Å². The first-order valence-electron chi connectivity index (χ1n) is 5.76. The highest BCUT2D eigenvalue weighted by molar-refractivity contribution is 5.93. The summed E-state index contributed by atoms with van der Waals surface area (Å²) in [7, 11) is 0. The van der Waals surface area contributed by atoms with Crippen molar-refractivity contribution in [2.75, 3.05) is 11.9 Å². The fourth-order valence-corrected chi connectivity index (χ4v) is 1.70. The Morgan fingerprint density at radius 2 is 2.12 bits per heavy atom. The Balaban J connectivity index is 2.80. The number of carbonyl (C=O) groups excluding carboxylic acids is 1. The van der Waals surface area contributed by atoms with Gasteiger partial charge in [0, 0.05) is 12.2 Å². The van der Waals surface area contributed by atoms with Crippen LogP contribution in [0.3, 0.4) is 0 Å². The molecule has 1 unspecified atom stereocenters. The number of aryl methyl sites for hydroxylation is 1. The first-order valence-corrected chi connectivity index (χ1v) is 5.76. The second-order valence-electron chi connectivity index (χ2n) is 4.57. The molecule has 1 atom stereocenters. The summed E-state index contributed by atoms with van der Waals surface area (Å²) in [4.78, 5) is 12.0. The van der Waals surface area contributed by atoms with Crippen LogP contribution in [-0.2, 0) is 4.79 Å². The third-order valence-corrected chi connectivity index (χ3v) is 2.86. The summed E-state index contributed by atoms with van der Waals surface area (Å²) in [5.41, 5.74) is 7.14. The van der Waals surface area contributed by atoms with Gasteiger partial charge in [-0.05, 0) is 36.6 Å². The lowest BCUT2D eigenvalue weighted by Crippen LogP contribution is -2.33. The van der Waals surface area contributed by atoms with Crippen molar-refractivity contribution in [3.8, 4) is 5.75 Å². The third kappa shape index (κ3) is 3.46. The predicted octanol–water partition coefficient (Wildman–Crippen LogP) is 1.87. The minimum absolute atomic E-state index is 0.0729. The topological polar surface area (TPSA) is 75.3 Å². The summed E-state index contributed by atoms with van der Waals surface area (Å²) in [6.07, 6.45) is 0. The summed E-state index contributed by atoms with van der Waals surface area (Å²) in [6, 6.07) is 4.86. The van der Waals surface area contributed by atoms with Gasteiger partial charge in [-0.25, -0.2) is 0 Å². The molecular formula is C13H20N2O2. The minimum atomic E-state index is -0.191. The van der Waals surface area contributed by atoms with Crippen molar-refractivity contribution < 1.29 is 9.90 Å². The molecule has 0 fully saturated rings. The summed E-state index contributed by atoms with van der Waals surface area (Å²) in [5, 5.41) is 12.1. The molecule has 0 saturated heterocycles. The van der Waals surface area contributed by atoms with E-state index in [0.717, 1.165) is 5.56 Å². The van der Waals surface area contributed by atoms with E-state index in [4.69, 9.17) is 5.73 Å². The van der Waals surface area contributed by atoms with Crippen molar-refractivity contribution in [3.63, 3.8) is 0 Å². The van der Waals surface area contributed by atoms with Gasteiger partial charge in [-0.1, -0.05) is 13.8 Å². The highest BCUT2D eigenvalue weighted by Crippen LogP contribution is 2.21. The molecule has 0 saturated carbocycles. The van der Waals surface area contributed by atoms with Gasteiger partial charge >= 0.3 is 0 Å². The number of rotatable bonds is 4. The van der Waals surface area contributed by atoms with Crippen LogP contribution in [0.5, 0.6) is 5.75 Å². The van der Waals surface area contributed by atoms with E-state index in [1.807, 2.05) is 20.8 Å². The van der Waals surface area contributed by atoms with Crippen LogP contribution in [0.2, 0.25) is 0 Å². The second-order valence-corrected chi connectivity index (χ2v) is 4.57. The van der Waals surface area contributed by atoms with Crippen LogP contribution in [0.15, 0.2) is 18.2 Å². The molecule has 1 aromatic rings. The lowest BCUT2D eigenvalue weighted by Gasteiger charge is -2.19. The van der Waals surface area contributed by atoms with Crippen LogP contribution in [0, 0.1) is 18.8 Å². The van der Waals surface area contributed by atoms with Gasteiger partial charge in [-0.15, -0.1) is 0 Å². The molecule has 1 rings (SSSR count). The Labute approximate surface area is 102 Å². The molecule has 0 bridgehead atoms. The number of hydrogen-bond donors (Lipinski definition) is 3. The van der Waals surface area contributed by atoms with E-state index in [2.05, 4.69) is 5.32 Å². The molecule has 0 aromatic heterocycles. The van der Waals surface area contributed by atoms with Gasteiger partial charge in [0.1, 0.15) is 5.75 Å². The normalized spacial score (nSPS) is 12.5. The Kier molecular flexibility index (Phi) is 4.52. The van der Waals surface area contributed by atoms with Crippen LogP contribution in [-0.4, -0.2) is 17.6 Å². The molecule has 1 amide bonds. The summed E-state index contributed by atoms with van der Waals surface area (Å²) >= 11 is 0. The first kappa shape index (κ1) is 13.5. The number of benzene rings is 1. The summed E-state index contributed by atoms with van der Waals surface area (Å²) in [6.45, 7) is 6.12. The number of amides is 1. The number of nitrogens with one attached hydrogen (secondary N) is 1. The molecule has 0 aliphatic rings. The Morgan fingerprint density at radius 3 is 2.59 bits per heavy atom. The highest BCUT2D eigenvalue weighted by Gasteiger charge is 2.20. The van der Waals surface area contributed by atoms with Crippen molar-refractivity contribution >= 4 is 11.6 Å². The first-order chi connectivity index (χ1) is 7.95. The lowest BCUT2D eigenvalue weighted by atomic mass is 9.95. The second kappa shape index (κ2) is 5.68. The molecule has 0 aliphatic heterocycles. The van der Waals surface area contributed by atoms with E-state index in [-0.39, 0.29) is 23.5 Å². The number of hydrogen-bond acceptors (Lipinski definition) is 3. The number of aromatic hydroxyl groups is 1. The van der Waals surface area contributed by atoms with E-state index in [1.165, 1.54) is 0 Å². The van der Waals surface area contributed by atoms with Gasteiger partial charge in [0.2, 0.25) is 5.91 Å². The quantitative estimate of drug-likeness (QED) is 0.698. The molecule has 0 aliphatic carbocycles. The number of carbonyl (C=O) groups is 1. The fourth-order valence-electron chi connectivity index (χ4n) is 1.70. The van der Waals surface area contributed by atoms with Crippen molar-refractivity contribution in [2.45, 2.75) is 20.8 Å². The number of phenolic OH excluding ortho intramolecular Hbond substituents is 1. The van der Waals surface area contributed by atoms with Crippen LogP contribution < -0.4 is 11.1 Å². The smallest absolute Gasteiger partial charge is 0.229 e. The van der Waals surface area contributed by atoms with Gasteiger partial charge in [0.05, 0.1) is 5.92 Å². The number of anilines is 1. The van der Waals surface area contributed by atoms with E-state index in [0.29, 0.717) is 12.2 Å². The fraction of sp³-hybridized carbons (Fsp3) is 0.462. The van der Waals surface area contributed by atoms with Crippen LogP contribution in [0.4, 0.5) is 5.69 Å². The standard InChI is InChI=1S/C13H20N2O2/c1-8(2)11(7-14)13(17)15-12-5-4-10(16)6-9(12)3/h4-6,8,11,16H,7,14H2,1-3H3,(H,15,17). The van der Waals surface area contributed by atoms with E-state index in [1.54, 1.807) is 18.2 Å². The molecule has 0 heterocycles. The molecule has 0 radical (unpaired) electrons. The largest absolute Gasteiger partial charge is 0.508 e. The van der Waals surface area contributed by atoms with Gasteiger partial charge in [0.25, 0.3) is 0 Å². The van der Waals surface area contributed by atoms with Crippen LogP contribution >= 0.6 is 0 Å². The Bertz CT molecular complexity index is 402. The Morgan fingerprint density at radius 1 is 1.47 bits per heavy atom. The SMILES string of the molecule is Cc1cc(O)ccc1NC(=O)C(CN)C(C)C. The number of phenols is 1. The average Bonchev–Trinajstić information content (AvgIpc) is 2.22. The van der Waals surface area contributed by atoms with Crippen LogP contribution in [0.25, 0.3) is 0 Å². The summed E-state index contributed by atoms with van der Waals surface area (Å²) < 4.78 is 0. The lowest BCUT2D eigenvalue weighted by molar-refractivity contribution is -0.120. The van der Waals surface area contributed by atoms with E-state index >= 15 is 0 Å². The van der Waals surface area contributed by atoms with Gasteiger partial charge in [-0.2, -0.15) is 0 Å². The minimum Gasteiger partial charge on any atom is -0.508 e. The van der Waals surface area contributed by atoms with Gasteiger partial charge in [-0.3, -0.25) is 4.79 Å². The Hall–Kier alpha value is -1.55. The van der Waals surface area contributed by atoms with Crippen molar-refractivity contribution in [1.29, 1.82) is 0 Å². The van der Waals surface area contributed by atoms with Crippen LogP contribution in [0.1, 0.15) is 19.4 Å². The maximum Gasteiger partial charge on any atom is 0.229 e. The van der Waals surface area contributed by atoms with Crippen molar-refractivity contribution in [1.82, 2.24) is 0 Å². The van der Waals surface area contributed by atoms with Crippen molar-refractivity contribution in [3.05, 3.63) is 23.8 Å². The highest BCUT2D eigenvalue weighted by atomic mass is 16.3. The van der Waals surface area contributed by atoms with Crippen molar-refractivity contribution in [2.24, 2.45) is 17.6 Å². The zero-order chi connectivity index (χ0) is 13.0.